The second kappa shape index (κ2) is 7.45. The van der Waals surface area contributed by atoms with Crippen molar-refractivity contribution in [2.75, 3.05) is 0 Å². The molecule has 2 unspecified atom stereocenters. The van der Waals surface area contributed by atoms with Crippen molar-refractivity contribution >= 4 is 18.0 Å². The van der Waals surface area contributed by atoms with Crippen LogP contribution in [0.1, 0.15) is 25.0 Å². The Balaban J connectivity index is 2.64. The molecule has 1 aromatic rings. The molecule has 108 valence electrons. The number of carbonyl (C=O) groups excluding carboxylic acids is 1. The summed E-state index contributed by atoms with van der Waals surface area (Å²) in [7, 11) is 0. The van der Waals surface area contributed by atoms with Crippen LogP contribution in [0.25, 0.3) is 6.08 Å². The third kappa shape index (κ3) is 4.85. The van der Waals surface area contributed by atoms with Crippen molar-refractivity contribution in [2.45, 2.75) is 32.4 Å². The number of carboxylic acids is 1. The minimum atomic E-state index is -1.31. The number of hydrogen-bond donors (Lipinski definition) is 3. The van der Waals surface area contributed by atoms with Gasteiger partial charge in [-0.3, -0.25) is 4.79 Å². The summed E-state index contributed by atoms with van der Waals surface area (Å²) in [5.74, 6) is -1.83. The average Bonchev–Trinajstić information content (AvgIpc) is 2.42. The van der Waals surface area contributed by atoms with Gasteiger partial charge < -0.3 is 15.5 Å². The number of benzene rings is 1. The molecule has 0 aliphatic heterocycles. The molecule has 0 saturated heterocycles. The highest BCUT2D eigenvalue weighted by atomic mass is 16.4. The summed E-state index contributed by atoms with van der Waals surface area (Å²) in [5.41, 5.74) is 2.05. The van der Waals surface area contributed by atoms with Gasteiger partial charge in [-0.25, -0.2) is 4.79 Å². The molecule has 20 heavy (non-hydrogen) atoms. The van der Waals surface area contributed by atoms with Crippen LogP contribution < -0.4 is 5.32 Å². The molecule has 0 radical (unpaired) electrons. The van der Waals surface area contributed by atoms with E-state index in [9.17, 15) is 14.7 Å². The van der Waals surface area contributed by atoms with E-state index in [0.29, 0.717) is 0 Å². The van der Waals surface area contributed by atoms with Gasteiger partial charge in [0.05, 0.1) is 6.10 Å². The van der Waals surface area contributed by atoms with E-state index in [0.717, 1.165) is 12.0 Å². The highest BCUT2D eigenvalue weighted by Crippen LogP contribution is 2.06. The lowest BCUT2D eigenvalue weighted by Crippen LogP contribution is -2.47. The molecule has 0 spiro atoms. The van der Waals surface area contributed by atoms with Crippen LogP contribution in [-0.4, -0.2) is 34.2 Å². The van der Waals surface area contributed by atoms with Gasteiger partial charge >= 0.3 is 5.97 Å². The number of hydrogen-bond acceptors (Lipinski definition) is 3. The molecule has 2 atom stereocenters. The summed E-state index contributed by atoms with van der Waals surface area (Å²) < 4.78 is 0. The largest absolute Gasteiger partial charge is 0.480 e. The van der Waals surface area contributed by atoms with E-state index in [1.54, 1.807) is 6.08 Å². The van der Waals surface area contributed by atoms with Crippen LogP contribution in [0.2, 0.25) is 0 Å². The molecule has 5 heteroatoms. The van der Waals surface area contributed by atoms with Gasteiger partial charge in [-0.05, 0) is 30.5 Å². The summed E-state index contributed by atoms with van der Waals surface area (Å²) >= 11 is 0. The summed E-state index contributed by atoms with van der Waals surface area (Å²) in [6, 6.07) is 6.38. The molecule has 0 aliphatic rings. The molecule has 0 heterocycles. The van der Waals surface area contributed by atoms with E-state index in [1.165, 1.54) is 18.6 Å². The van der Waals surface area contributed by atoms with Crippen LogP contribution in [0.5, 0.6) is 0 Å². The summed E-state index contributed by atoms with van der Waals surface area (Å²) in [6.07, 6.45) is 2.63. The van der Waals surface area contributed by atoms with Gasteiger partial charge in [-0.2, -0.15) is 0 Å². The van der Waals surface area contributed by atoms with Crippen molar-refractivity contribution < 1.29 is 19.8 Å². The first kappa shape index (κ1) is 15.9. The maximum Gasteiger partial charge on any atom is 0.328 e. The molecule has 5 nitrogen and oxygen atoms in total. The van der Waals surface area contributed by atoms with Crippen molar-refractivity contribution in [3.63, 3.8) is 0 Å². The summed E-state index contributed by atoms with van der Waals surface area (Å²) in [4.78, 5) is 22.4. The number of aryl methyl sites for hydroxylation is 1. The second-order valence-electron chi connectivity index (χ2n) is 4.49. The van der Waals surface area contributed by atoms with E-state index in [4.69, 9.17) is 5.11 Å². The van der Waals surface area contributed by atoms with Crippen LogP contribution in [-0.2, 0) is 16.0 Å². The van der Waals surface area contributed by atoms with Gasteiger partial charge in [0.25, 0.3) is 0 Å². The predicted molar refractivity (Wildman–Crippen MR) is 76.1 cm³/mol. The fraction of sp³-hybridized carbons (Fsp3) is 0.333. The number of aliphatic hydroxyl groups excluding tert-OH is 1. The normalized spacial score (nSPS) is 13.9. The first-order valence-electron chi connectivity index (χ1n) is 6.42. The van der Waals surface area contributed by atoms with Gasteiger partial charge in [0.1, 0.15) is 0 Å². The summed E-state index contributed by atoms with van der Waals surface area (Å²) in [6.45, 7) is 3.37. The quantitative estimate of drug-likeness (QED) is 0.682. The topological polar surface area (TPSA) is 86.6 Å². The summed E-state index contributed by atoms with van der Waals surface area (Å²) in [5, 5.41) is 20.3. The zero-order valence-corrected chi connectivity index (χ0v) is 11.5. The van der Waals surface area contributed by atoms with Crippen molar-refractivity contribution in [1.82, 2.24) is 5.32 Å². The Hall–Kier alpha value is -2.14. The van der Waals surface area contributed by atoms with Crippen molar-refractivity contribution in [3.05, 3.63) is 41.5 Å². The maximum absolute atomic E-state index is 11.6. The lowest BCUT2D eigenvalue weighted by atomic mass is 10.1. The van der Waals surface area contributed by atoms with E-state index >= 15 is 0 Å². The maximum atomic E-state index is 11.6. The molecule has 0 saturated carbocycles. The van der Waals surface area contributed by atoms with Crippen LogP contribution in [0.15, 0.2) is 30.3 Å². The van der Waals surface area contributed by atoms with E-state index in [1.807, 2.05) is 24.3 Å². The number of carbonyl (C=O) groups is 2. The Kier molecular flexibility index (Phi) is 5.93. The lowest BCUT2D eigenvalue weighted by Gasteiger charge is -2.15. The Morgan fingerprint density at radius 3 is 2.35 bits per heavy atom. The molecule has 0 fully saturated rings. The molecular formula is C15H19NO4. The Morgan fingerprint density at radius 2 is 1.90 bits per heavy atom. The first-order chi connectivity index (χ1) is 9.43. The third-order valence-corrected chi connectivity index (χ3v) is 2.86. The molecule has 1 amide bonds. The monoisotopic (exact) mass is 277 g/mol. The Bertz CT molecular complexity index is 491. The lowest BCUT2D eigenvalue weighted by molar-refractivity contribution is -0.144. The number of amides is 1. The van der Waals surface area contributed by atoms with Gasteiger partial charge in [0.15, 0.2) is 6.04 Å². The number of aliphatic carboxylic acids is 1. The zero-order chi connectivity index (χ0) is 15.1. The van der Waals surface area contributed by atoms with Gasteiger partial charge in [0, 0.05) is 6.08 Å². The zero-order valence-electron chi connectivity index (χ0n) is 11.5. The van der Waals surface area contributed by atoms with Crippen molar-refractivity contribution in [2.24, 2.45) is 0 Å². The third-order valence-electron chi connectivity index (χ3n) is 2.86. The molecule has 1 rings (SSSR count). The van der Waals surface area contributed by atoms with Gasteiger partial charge in [-0.1, -0.05) is 31.2 Å². The molecule has 1 aromatic carbocycles. The van der Waals surface area contributed by atoms with Crippen LogP contribution in [0, 0.1) is 0 Å². The van der Waals surface area contributed by atoms with Gasteiger partial charge in [-0.15, -0.1) is 0 Å². The van der Waals surface area contributed by atoms with E-state index < -0.39 is 24.0 Å². The standard InChI is InChI=1S/C15H19NO4/c1-3-11-4-6-12(7-5-11)8-9-13(18)16-14(10(2)17)15(19)20/h4-10,14,17H,3H2,1-2H3,(H,16,18)(H,19,20)/b9-8+. The minimum absolute atomic E-state index is 0.558. The van der Waals surface area contributed by atoms with E-state index in [2.05, 4.69) is 12.2 Å². The molecular weight excluding hydrogens is 258 g/mol. The van der Waals surface area contributed by atoms with Crippen LogP contribution in [0.4, 0.5) is 0 Å². The number of carboxylic acid groups (broad SMARTS) is 1. The average molecular weight is 277 g/mol. The molecule has 3 N–H and O–H groups in total. The van der Waals surface area contributed by atoms with E-state index in [-0.39, 0.29) is 0 Å². The first-order valence-corrected chi connectivity index (χ1v) is 6.42. The fourth-order valence-corrected chi connectivity index (χ4v) is 1.63. The molecule has 0 aromatic heterocycles. The second-order valence-corrected chi connectivity index (χ2v) is 4.49. The highest BCUT2D eigenvalue weighted by molar-refractivity contribution is 5.94. The van der Waals surface area contributed by atoms with Crippen LogP contribution in [0.3, 0.4) is 0 Å². The molecule has 0 bridgehead atoms. The number of aliphatic hydroxyl groups is 1. The molecule has 0 aliphatic carbocycles. The SMILES string of the molecule is CCc1ccc(/C=C/C(=O)NC(C(=O)O)C(C)O)cc1. The predicted octanol–water partition coefficient (Wildman–Crippen LogP) is 1.21. The van der Waals surface area contributed by atoms with Crippen molar-refractivity contribution in [1.29, 1.82) is 0 Å². The van der Waals surface area contributed by atoms with Gasteiger partial charge in [0.2, 0.25) is 5.91 Å². The minimum Gasteiger partial charge on any atom is -0.480 e. The number of nitrogens with one attached hydrogen (secondary N) is 1. The fourth-order valence-electron chi connectivity index (χ4n) is 1.63. The smallest absolute Gasteiger partial charge is 0.328 e. The Labute approximate surface area is 117 Å². The number of rotatable bonds is 6. The van der Waals surface area contributed by atoms with Crippen LogP contribution >= 0.6 is 0 Å². The Morgan fingerprint density at radius 1 is 1.30 bits per heavy atom. The van der Waals surface area contributed by atoms with Crippen molar-refractivity contribution in [3.8, 4) is 0 Å². The highest BCUT2D eigenvalue weighted by Gasteiger charge is 2.23.